The molecule has 0 unspecified atom stereocenters. The van der Waals surface area contributed by atoms with Crippen LogP contribution in [0.5, 0.6) is 11.5 Å². The van der Waals surface area contributed by atoms with Crippen LogP contribution in [-0.4, -0.2) is 31.7 Å². The van der Waals surface area contributed by atoms with Crippen molar-refractivity contribution in [1.82, 2.24) is 4.68 Å². The van der Waals surface area contributed by atoms with Crippen LogP contribution >= 0.6 is 11.3 Å². The highest BCUT2D eigenvalue weighted by Gasteiger charge is 2.08. The van der Waals surface area contributed by atoms with Crippen molar-refractivity contribution in [2.75, 3.05) is 20.8 Å². The third kappa shape index (κ3) is 5.03. The molecule has 0 saturated carbocycles. The van der Waals surface area contributed by atoms with Gasteiger partial charge in [-0.15, -0.1) is 11.3 Å². The Hall–Kier alpha value is -3.12. The Morgan fingerprint density at radius 1 is 1.14 bits per heavy atom. The van der Waals surface area contributed by atoms with E-state index in [2.05, 4.69) is 48.1 Å². The number of aromatic nitrogens is 1. The van der Waals surface area contributed by atoms with Crippen LogP contribution in [0.15, 0.2) is 70.1 Å². The Morgan fingerprint density at radius 3 is 2.55 bits per heavy atom. The van der Waals surface area contributed by atoms with E-state index in [1.807, 2.05) is 29.8 Å². The first-order chi connectivity index (χ1) is 14.0. The average Bonchev–Trinajstić information content (AvgIpc) is 3.13. The summed E-state index contributed by atoms with van der Waals surface area (Å²) in [7, 11) is 3.27. The maximum absolute atomic E-state index is 5.48. The molecule has 0 amide bonds. The summed E-state index contributed by atoms with van der Waals surface area (Å²) in [5.41, 5.74) is 5.14. The fourth-order valence-electron chi connectivity index (χ4n) is 2.69. The third-order valence-corrected chi connectivity index (χ3v) is 5.12. The van der Waals surface area contributed by atoms with Gasteiger partial charge in [-0.05, 0) is 26.0 Å². The number of rotatable bonds is 7. The Bertz CT molecular complexity index is 1090. The van der Waals surface area contributed by atoms with Crippen LogP contribution in [0.4, 0.5) is 0 Å². The minimum Gasteiger partial charge on any atom is -0.497 e. The monoisotopic (exact) mass is 407 g/mol. The molecule has 0 aliphatic heterocycles. The van der Waals surface area contributed by atoms with E-state index in [0.717, 1.165) is 32.9 Å². The van der Waals surface area contributed by atoms with Gasteiger partial charge in [0.1, 0.15) is 11.5 Å². The number of nitrogens with zero attached hydrogens (tertiary/aromatic N) is 3. The number of ether oxygens (including phenoxy) is 2. The topological polar surface area (TPSA) is 48.1 Å². The number of aryl methyl sites for hydroxylation is 1. The predicted octanol–water partition coefficient (Wildman–Crippen LogP) is 4.90. The molecule has 0 radical (unpaired) electrons. The molecule has 0 saturated heterocycles. The van der Waals surface area contributed by atoms with Crippen molar-refractivity contribution >= 4 is 17.6 Å². The van der Waals surface area contributed by atoms with Gasteiger partial charge in [0, 0.05) is 22.6 Å². The second-order valence-electron chi connectivity index (χ2n) is 6.71. The molecule has 0 aliphatic carbocycles. The zero-order chi connectivity index (χ0) is 20.8. The van der Waals surface area contributed by atoms with Crippen molar-refractivity contribution in [3.63, 3.8) is 0 Å². The first-order valence-corrected chi connectivity index (χ1v) is 10.1. The van der Waals surface area contributed by atoms with Crippen LogP contribution in [0.25, 0.3) is 11.3 Å². The van der Waals surface area contributed by atoms with Crippen molar-refractivity contribution in [2.45, 2.75) is 13.8 Å². The van der Waals surface area contributed by atoms with Crippen molar-refractivity contribution in [2.24, 2.45) is 10.1 Å². The van der Waals surface area contributed by atoms with Gasteiger partial charge < -0.3 is 9.47 Å². The zero-order valence-corrected chi connectivity index (χ0v) is 18.0. The fourth-order valence-corrected chi connectivity index (χ4v) is 3.53. The summed E-state index contributed by atoms with van der Waals surface area (Å²) in [5.74, 6) is 1.43. The Balaban J connectivity index is 2.07. The van der Waals surface area contributed by atoms with Gasteiger partial charge in [0.2, 0.25) is 4.80 Å². The maximum atomic E-state index is 5.48. The largest absolute Gasteiger partial charge is 0.497 e. The van der Waals surface area contributed by atoms with Crippen molar-refractivity contribution in [1.29, 1.82) is 0 Å². The number of benzene rings is 2. The molecule has 0 N–H and O–H groups in total. The number of hydrogen-bond donors (Lipinski definition) is 0. The molecule has 1 heterocycles. The lowest BCUT2D eigenvalue weighted by molar-refractivity contribution is 0.394. The summed E-state index contributed by atoms with van der Waals surface area (Å²) >= 11 is 1.56. The number of methoxy groups -OCH3 is 2. The van der Waals surface area contributed by atoms with Gasteiger partial charge >= 0.3 is 0 Å². The molecule has 150 valence electrons. The van der Waals surface area contributed by atoms with Gasteiger partial charge in [-0.1, -0.05) is 42.0 Å². The average molecular weight is 408 g/mol. The molecule has 2 aromatic carbocycles. The van der Waals surface area contributed by atoms with Crippen LogP contribution in [0.1, 0.15) is 18.1 Å². The molecule has 29 heavy (non-hydrogen) atoms. The number of hydrogen-bond acceptors (Lipinski definition) is 5. The van der Waals surface area contributed by atoms with E-state index < -0.39 is 0 Å². The second kappa shape index (κ2) is 9.39. The van der Waals surface area contributed by atoms with E-state index in [-0.39, 0.29) is 0 Å². The molecule has 0 spiro atoms. The van der Waals surface area contributed by atoms with E-state index in [0.29, 0.717) is 12.3 Å². The quantitative estimate of drug-likeness (QED) is 0.413. The van der Waals surface area contributed by atoms with Crippen LogP contribution in [-0.2, 0) is 0 Å². The minimum atomic E-state index is 0.565. The highest BCUT2D eigenvalue weighted by atomic mass is 32.1. The highest BCUT2D eigenvalue weighted by Crippen LogP contribution is 2.24. The van der Waals surface area contributed by atoms with Crippen LogP contribution < -0.4 is 14.3 Å². The molecule has 3 aromatic rings. The second-order valence-corrected chi connectivity index (χ2v) is 7.54. The summed E-state index contributed by atoms with van der Waals surface area (Å²) in [6.45, 7) is 8.55. The molecule has 3 rings (SSSR count). The van der Waals surface area contributed by atoms with E-state index in [1.54, 1.807) is 31.8 Å². The van der Waals surface area contributed by atoms with Gasteiger partial charge in [-0.25, -0.2) is 4.68 Å². The summed E-state index contributed by atoms with van der Waals surface area (Å²) in [4.78, 5) is 5.48. The number of thiazole rings is 1. The Labute approximate surface area is 175 Å². The molecule has 5 nitrogen and oxygen atoms in total. The molecule has 0 bridgehead atoms. The van der Waals surface area contributed by atoms with Crippen molar-refractivity contribution < 1.29 is 9.47 Å². The zero-order valence-electron chi connectivity index (χ0n) is 17.2. The van der Waals surface area contributed by atoms with Crippen LogP contribution in [0.3, 0.4) is 0 Å². The lowest BCUT2D eigenvalue weighted by atomic mass is 10.1. The molecule has 1 aromatic heterocycles. The summed E-state index contributed by atoms with van der Waals surface area (Å²) < 4.78 is 12.6. The minimum absolute atomic E-state index is 0.565. The maximum Gasteiger partial charge on any atom is 0.206 e. The summed E-state index contributed by atoms with van der Waals surface area (Å²) in [6.07, 6.45) is 1.78. The molecule has 0 atom stereocenters. The summed E-state index contributed by atoms with van der Waals surface area (Å²) in [5, 5.41) is 6.81. The van der Waals surface area contributed by atoms with E-state index in [9.17, 15) is 0 Å². The van der Waals surface area contributed by atoms with Crippen molar-refractivity contribution in [3.05, 3.63) is 75.9 Å². The van der Waals surface area contributed by atoms with E-state index in [1.165, 1.54) is 5.56 Å². The first kappa shape index (κ1) is 20.6. The lowest BCUT2D eigenvalue weighted by Crippen LogP contribution is -2.13. The SMILES string of the molecule is C=C(C)CN=c1scc(-c2ccc(C)cc2)n1N=Cc1ccc(OC)cc1OC. The molecule has 0 aliphatic rings. The molecular weight excluding hydrogens is 382 g/mol. The van der Waals surface area contributed by atoms with Gasteiger partial charge in [0.25, 0.3) is 0 Å². The molecule has 0 fully saturated rings. The van der Waals surface area contributed by atoms with E-state index >= 15 is 0 Å². The summed E-state index contributed by atoms with van der Waals surface area (Å²) in [6, 6.07) is 14.0. The Kier molecular flexibility index (Phi) is 6.67. The molecular formula is C23H25N3O2S. The smallest absolute Gasteiger partial charge is 0.206 e. The van der Waals surface area contributed by atoms with Crippen LogP contribution in [0.2, 0.25) is 0 Å². The van der Waals surface area contributed by atoms with Crippen molar-refractivity contribution in [3.8, 4) is 22.8 Å². The lowest BCUT2D eigenvalue weighted by Gasteiger charge is -2.08. The van der Waals surface area contributed by atoms with E-state index in [4.69, 9.17) is 14.6 Å². The Morgan fingerprint density at radius 2 is 1.90 bits per heavy atom. The van der Waals surface area contributed by atoms with Crippen LogP contribution in [0, 0.1) is 6.92 Å². The molecule has 6 heteroatoms. The highest BCUT2D eigenvalue weighted by molar-refractivity contribution is 7.07. The van der Waals surface area contributed by atoms with Gasteiger partial charge in [0.15, 0.2) is 0 Å². The fraction of sp³-hybridized carbons (Fsp3) is 0.217. The standard InChI is InChI=1S/C23H25N3O2S/c1-16(2)13-24-23-26(21(15-29-23)18-8-6-17(3)7-9-18)25-14-19-10-11-20(27-4)12-22(19)28-5/h6-12,14-15H,1,13H2,2-5H3. The third-order valence-electron chi connectivity index (χ3n) is 4.27. The van der Waals surface area contributed by atoms with Gasteiger partial charge in [0.05, 0.1) is 32.7 Å². The first-order valence-electron chi connectivity index (χ1n) is 9.20. The van der Waals surface area contributed by atoms with Gasteiger partial charge in [-0.2, -0.15) is 5.10 Å². The predicted molar refractivity (Wildman–Crippen MR) is 120 cm³/mol. The van der Waals surface area contributed by atoms with Gasteiger partial charge in [-0.3, -0.25) is 4.99 Å². The normalized spacial score (nSPS) is 11.8.